The highest BCUT2D eigenvalue weighted by Gasteiger charge is 2.20. The smallest absolute Gasteiger partial charge is 0.251 e. The van der Waals surface area contributed by atoms with E-state index in [0.717, 1.165) is 16.5 Å². The van der Waals surface area contributed by atoms with E-state index in [1.54, 1.807) is 24.3 Å². The summed E-state index contributed by atoms with van der Waals surface area (Å²) in [7, 11) is 0. The van der Waals surface area contributed by atoms with Gasteiger partial charge in [0.25, 0.3) is 5.91 Å². The first-order valence-corrected chi connectivity index (χ1v) is 12.2. The number of benzene rings is 3. The summed E-state index contributed by atoms with van der Waals surface area (Å²) in [5, 5.41) is 17.8. The van der Waals surface area contributed by atoms with Gasteiger partial charge >= 0.3 is 0 Å². The van der Waals surface area contributed by atoms with Crippen LogP contribution in [0.5, 0.6) is 0 Å². The number of amides is 2. The molecule has 3 aromatic carbocycles. The maximum Gasteiger partial charge on any atom is 0.251 e. The molecule has 0 radical (unpaired) electrons. The van der Waals surface area contributed by atoms with Gasteiger partial charge in [-0.3, -0.25) is 9.59 Å². The number of carbonyl (C=O) groups is 2. The Bertz CT molecular complexity index is 1320. The molecule has 1 heterocycles. The fraction of sp³-hybridized carbons (Fsp3) is 0.200. The van der Waals surface area contributed by atoms with E-state index < -0.39 is 0 Å². The molecule has 34 heavy (non-hydrogen) atoms. The second-order valence-corrected chi connectivity index (χ2v) is 9.06. The van der Waals surface area contributed by atoms with Gasteiger partial charge in [-0.2, -0.15) is 0 Å². The van der Waals surface area contributed by atoms with Gasteiger partial charge in [-0.25, -0.2) is 0 Å². The van der Waals surface area contributed by atoms with Crippen molar-refractivity contribution in [1.82, 2.24) is 20.1 Å². The lowest BCUT2D eigenvalue weighted by Crippen LogP contribution is -2.28. The van der Waals surface area contributed by atoms with Gasteiger partial charge in [0, 0.05) is 22.8 Å². The molecule has 0 aliphatic carbocycles. The quantitative estimate of drug-likeness (QED) is 0.324. The largest absolute Gasteiger partial charge is 0.342 e. The fourth-order valence-electron chi connectivity index (χ4n) is 3.56. The lowest BCUT2D eigenvalue weighted by atomic mass is 10.1. The molecule has 2 amide bonds. The van der Waals surface area contributed by atoms with Crippen molar-refractivity contribution < 1.29 is 9.59 Å². The molecular formula is C25H24ClN5O2S. The third-order valence-corrected chi connectivity index (χ3v) is 6.49. The summed E-state index contributed by atoms with van der Waals surface area (Å²) in [4.78, 5) is 25.1. The molecule has 9 heteroatoms. The lowest BCUT2D eigenvalue weighted by Gasteiger charge is -2.15. The Kier molecular flexibility index (Phi) is 7.49. The van der Waals surface area contributed by atoms with Crippen LogP contribution in [0.3, 0.4) is 0 Å². The van der Waals surface area contributed by atoms with Gasteiger partial charge in [0.15, 0.2) is 11.0 Å². The molecule has 0 aliphatic heterocycles. The molecule has 4 aromatic rings. The van der Waals surface area contributed by atoms with E-state index >= 15 is 0 Å². The summed E-state index contributed by atoms with van der Waals surface area (Å²) in [5.41, 5.74) is 1.26. The molecule has 1 atom stereocenters. The standard InChI is InChI=1S/C25H24ClN5O2S/c1-3-31-23(16(2)27-24(33)18-8-11-20(26)12-9-18)29-30-25(31)34-15-22(32)28-21-13-10-17-6-4-5-7-19(17)14-21/h4-14,16H,3,15H2,1-2H3,(H,27,33)(H,28,32)/t16-/m1/s1. The second-order valence-electron chi connectivity index (χ2n) is 7.69. The van der Waals surface area contributed by atoms with E-state index in [1.807, 2.05) is 60.9 Å². The van der Waals surface area contributed by atoms with Crippen molar-refractivity contribution in [2.75, 3.05) is 11.1 Å². The highest BCUT2D eigenvalue weighted by atomic mass is 35.5. The van der Waals surface area contributed by atoms with Crippen LogP contribution in [-0.4, -0.2) is 32.3 Å². The number of aromatic nitrogens is 3. The van der Waals surface area contributed by atoms with E-state index in [-0.39, 0.29) is 23.6 Å². The van der Waals surface area contributed by atoms with E-state index in [1.165, 1.54) is 11.8 Å². The predicted molar refractivity (Wildman–Crippen MR) is 136 cm³/mol. The van der Waals surface area contributed by atoms with Crippen molar-refractivity contribution in [3.63, 3.8) is 0 Å². The lowest BCUT2D eigenvalue weighted by molar-refractivity contribution is -0.113. The number of fused-ring (bicyclic) bond motifs is 1. The number of hydrogen-bond acceptors (Lipinski definition) is 5. The molecule has 174 valence electrons. The SMILES string of the molecule is CCn1c(SCC(=O)Nc2ccc3ccccc3c2)nnc1[C@@H](C)NC(=O)c1ccc(Cl)cc1. The first-order chi connectivity index (χ1) is 16.4. The van der Waals surface area contributed by atoms with E-state index in [0.29, 0.717) is 28.1 Å². The number of nitrogens with zero attached hydrogens (tertiary/aromatic N) is 3. The Hall–Kier alpha value is -3.36. The molecule has 4 rings (SSSR count). The Labute approximate surface area is 206 Å². The van der Waals surface area contributed by atoms with Gasteiger partial charge in [-0.15, -0.1) is 10.2 Å². The van der Waals surface area contributed by atoms with Crippen molar-refractivity contribution in [3.05, 3.63) is 83.1 Å². The first kappa shape index (κ1) is 23.8. The molecule has 0 unspecified atom stereocenters. The topological polar surface area (TPSA) is 88.9 Å². The molecular weight excluding hydrogens is 470 g/mol. The third kappa shape index (κ3) is 5.58. The van der Waals surface area contributed by atoms with Crippen LogP contribution in [0.2, 0.25) is 5.02 Å². The van der Waals surface area contributed by atoms with Crippen LogP contribution in [-0.2, 0) is 11.3 Å². The van der Waals surface area contributed by atoms with Gasteiger partial charge in [0.1, 0.15) is 0 Å². The summed E-state index contributed by atoms with van der Waals surface area (Å²) in [6.45, 7) is 4.43. The maximum atomic E-state index is 12.5. The van der Waals surface area contributed by atoms with Crippen molar-refractivity contribution in [3.8, 4) is 0 Å². The number of rotatable bonds is 8. The van der Waals surface area contributed by atoms with Crippen LogP contribution in [0.25, 0.3) is 10.8 Å². The number of nitrogens with one attached hydrogen (secondary N) is 2. The summed E-state index contributed by atoms with van der Waals surface area (Å²) in [6, 6.07) is 20.2. The molecule has 0 spiro atoms. The van der Waals surface area contributed by atoms with Gasteiger partial charge in [-0.05, 0) is 61.0 Å². The van der Waals surface area contributed by atoms with E-state index in [2.05, 4.69) is 20.8 Å². The third-order valence-electron chi connectivity index (χ3n) is 5.27. The zero-order valence-electron chi connectivity index (χ0n) is 18.8. The molecule has 0 saturated carbocycles. The highest BCUT2D eigenvalue weighted by molar-refractivity contribution is 7.99. The van der Waals surface area contributed by atoms with E-state index in [9.17, 15) is 9.59 Å². The monoisotopic (exact) mass is 493 g/mol. The van der Waals surface area contributed by atoms with Gasteiger partial charge in [0.05, 0.1) is 11.8 Å². The number of halogens is 1. The molecule has 1 aromatic heterocycles. The van der Waals surface area contributed by atoms with Crippen LogP contribution in [0, 0.1) is 0 Å². The van der Waals surface area contributed by atoms with Crippen LogP contribution in [0.15, 0.2) is 71.9 Å². The Morgan fingerprint density at radius 1 is 1.03 bits per heavy atom. The Morgan fingerprint density at radius 2 is 1.76 bits per heavy atom. The first-order valence-electron chi connectivity index (χ1n) is 10.9. The molecule has 2 N–H and O–H groups in total. The van der Waals surface area contributed by atoms with Crippen molar-refractivity contribution in [2.45, 2.75) is 31.6 Å². The summed E-state index contributed by atoms with van der Waals surface area (Å²) < 4.78 is 1.90. The van der Waals surface area contributed by atoms with Crippen LogP contribution < -0.4 is 10.6 Å². The summed E-state index contributed by atoms with van der Waals surface area (Å²) >= 11 is 7.20. The van der Waals surface area contributed by atoms with Crippen LogP contribution in [0.1, 0.15) is 36.1 Å². The molecule has 7 nitrogen and oxygen atoms in total. The normalized spacial score (nSPS) is 11.9. The van der Waals surface area contributed by atoms with Crippen molar-refractivity contribution in [1.29, 1.82) is 0 Å². The Balaban J connectivity index is 1.37. The average molecular weight is 494 g/mol. The molecule has 0 saturated heterocycles. The average Bonchev–Trinajstić information content (AvgIpc) is 3.26. The van der Waals surface area contributed by atoms with Crippen LogP contribution >= 0.6 is 23.4 Å². The van der Waals surface area contributed by atoms with Gasteiger partial charge in [0.2, 0.25) is 5.91 Å². The zero-order valence-corrected chi connectivity index (χ0v) is 20.4. The molecule has 0 aliphatic rings. The zero-order chi connectivity index (χ0) is 24.1. The van der Waals surface area contributed by atoms with Crippen molar-refractivity contribution >= 4 is 51.6 Å². The fourth-order valence-corrected chi connectivity index (χ4v) is 4.50. The summed E-state index contributed by atoms with van der Waals surface area (Å²) in [6.07, 6.45) is 0. The highest BCUT2D eigenvalue weighted by Crippen LogP contribution is 2.23. The minimum Gasteiger partial charge on any atom is -0.342 e. The minimum absolute atomic E-state index is 0.128. The minimum atomic E-state index is -0.364. The van der Waals surface area contributed by atoms with Gasteiger partial charge < -0.3 is 15.2 Å². The predicted octanol–water partition coefficient (Wildman–Crippen LogP) is 5.33. The number of anilines is 1. The molecule has 0 bridgehead atoms. The van der Waals surface area contributed by atoms with E-state index in [4.69, 9.17) is 11.6 Å². The van der Waals surface area contributed by atoms with Gasteiger partial charge in [-0.1, -0.05) is 53.7 Å². The van der Waals surface area contributed by atoms with Crippen molar-refractivity contribution in [2.24, 2.45) is 0 Å². The summed E-state index contributed by atoms with van der Waals surface area (Å²) in [5.74, 6) is 0.467. The molecule has 0 fully saturated rings. The maximum absolute atomic E-state index is 12.5. The second kappa shape index (κ2) is 10.7. The number of hydrogen-bond donors (Lipinski definition) is 2. The van der Waals surface area contributed by atoms with Crippen LogP contribution in [0.4, 0.5) is 5.69 Å². The number of thioether (sulfide) groups is 1. The Morgan fingerprint density at radius 3 is 2.50 bits per heavy atom. The number of carbonyl (C=O) groups excluding carboxylic acids is 2.